The van der Waals surface area contributed by atoms with Crippen molar-refractivity contribution in [3.05, 3.63) is 286 Å². The second-order valence-electron chi connectivity index (χ2n) is 37.9. The Labute approximate surface area is 762 Å². The zero-order valence-electron chi connectivity index (χ0n) is 76.5. The fraction of sp³-hybridized carbons (Fsp3) is 0.424. The monoisotopic (exact) mass is 1940 g/mol. The van der Waals surface area contributed by atoms with Crippen LogP contribution in [0, 0.1) is 5.92 Å². The van der Waals surface area contributed by atoms with Gasteiger partial charge in [0.05, 0.1) is 38.6 Å². The van der Waals surface area contributed by atoms with Crippen molar-refractivity contribution in [2.45, 2.75) is 239 Å². The lowest BCUT2D eigenvalue weighted by molar-refractivity contribution is -0.135. The van der Waals surface area contributed by atoms with Crippen LogP contribution >= 0.6 is 23.2 Å². The molecule has 2 aliphatic heterocycles. The number of hydrogen-bond donors (Lipinski definition) is 0. The molecule has 9 aromatic rings. The number of carbonyl (C=O) groups is 1. The normalized spacial score (nSPS) is 13.8. The van der Waals surface area contributed by atoms with Gasteiger partial charge in [-0.2, -0.15) is 35.1 Å². The van der Waals surface area contributed by atoms with Gasteiger partial charge < -0.3 is 58.5 Å². The third-order valence-electron chi connectivity index (χ3n) is 24.8. The van der Waals surface area contributed by atoms with E-state index in [1.807, 2.05) is 72.8 Å². The smallest absolute Gasteiger partial charge is 0.387 e. The topological polar surface area (TPSA) is 97.4 Å². The van der Waals surface area contributed by atoms with E-state index in [4.69, 9.17) is 31.9 Å². The molecule has 2 heterocycles. The zero-order chi connectivity index (χ0) is 91.4. The molecule has 0 aliphatic carbocycles. The molecule has 0 saturated carbocycles. The average molecular weight is 1950 g/mol. The first-order chi connectivity index (χ1) is 58.0. The Bertz CT molecular complexity index is 4720. The minimum Gasteiger partial charge on any atom is -1.00 e. The van der Waals surface area contributed by atoms with E-state index in [1.165, 1.54) is 32.6 Å². The number of ether oxygens (including phenoxy) is 4. The van der Waals surface area contributed by atoms with Crippen LogP contribution in [0.25, 0.3) is 6.08 Å². The van der Waals surface area contributed by atoms with Gasteiger partial charge in [-0.05, 0) is 209 Å². The van der Waals surface area contributed by atoms with E-state index in [-0.39, 0.29) is 91.9 Å². The number of likely N-dealkylation sites (tertiary alicyclic amines) is 2. The number of rotatable bonds is 32. The fourth-order valence-corrected chi connectivity index (χ4v) is 21.7. The Morgan fingerprint density at radius 1 is 0.416 bits per heavy atom. The third-order valence-corrected chi connectivity index (χ3v) is 47.7. The molecule has 0 spiro atoms. The van der Waals surface area contributed by atoms with E-state index >= 15 is 0 Å². The van der Waals surface area contributed by atoms with Crippen molar-refractivity contribution < 1.29 is 93.6 Å². The molecule has 0 aromatic heterocycles. The summed E-state index contributed by atoms with van der Waals surface area (Å²) in [6.45, 7) is 37.4. The summed E-state index contributed by atoms with van der Waals surface area (Å²) >= 11 is 3.37. The second-order valence-corrected chi connectivity index (χ2v) is 61.2. The molecule has 680 valence electrons. The molecule has 2 fully saturated rings. The third kappa shape index (κ3) is 30.2. The molecule has 11 rings (SSSR count). The Morgan fingerprint density at radius 3 is 1.02 bits per heavy atom. The van der Waals surface area contributed by atoms with Gasteiger partial charge in [0.25, 0.3) is 0 Å². The van der Waals surface area contributed by atoms with Gasteiger partial charge in [0.2, 0.25) is 5.91 Å². The molecule has 2 aliphatic rings. The molecule has 1 amide bonds. The molecule has 0 N–H and O–H groups in total. The molecule has 26 heteroatoms. The molecular weight excluding hydrogens is 1820 g/mol. The second kappa shape index (κ2) is 45.9. The summed E-state index contributed by atoms with van der Waals surface area (Å²) in [5.41, 5.74) is 10.6. The van der Waals surface area contributed by atoms with E-state index in [0.717, 1.165) is 61.0 Å². The largest absolute Gasteiger partial charge is 1.00 e. The summed E-state index contributed by atoms with van der Waals surface area (Å²) in [4.78, 5) is 15.6. The summed E-state index contributed by atoms with van der Waals surface area (Å²) < 4.78 is 147. The Balaban J connectivity index is 0.000000234. The van der Waals surface area contributed by atoms with Gasteiger partial charge in [-0.15, -0.1) is 0 Å². The van der Waals surface area contributed by atoms with Crippen molar-refractivity contribution >= 4 is 84.4 Å². The van der Waals surface area contributed by atoms with E-state index in [0.29, 0.717) is 40.1 Å². The Kier molecular flexibility index (Phi) is 38.6. The lowest BCUT2D eigenvalue weighted by atomic mass is 9.91. The Morgan fingerprint density at radius 2 is 0.704 bits per heavy atom. The molecule has 0 unspecified atom stereocenters. The SMILES string of the molecule is CC(=O)N1CC(Cc2ccc(OC(F)F)c(CO[Si](C)(C)C(C)(C)C)c2)C1.CC(C)(C)[Si](C)(C)OCc1cc(C=C2CN(C(c3ccccc3)c3ccccc3)C2)ccc1OC(F)F.CC(C)(C)[Si](C)(C)OCc1cc(CBr)ccc1OC(F)F.CC(C)(C)[Si](C)(C)OCc1cc(C[P+](c2ccccc2)(c2ccccc2)c2ccccc2)ccc1OC(F)F.[Br-]. The van der Waals surface area contributed by atoms with Gasteiger partial charge in [-0.1, -0.05) is 245 Å². The maximum absolute atomic E-state index is 13.4. The maximum atomic E-state index is 13.4. The van der Waals surface area contributed by atoms with E-state index in [2.05, 4.69) is 288 Å². The average Bonchev–Trinajstić information content (AvgIpc) is 0.745. The van der Waals surface area contributed by atoms with Crippen LogP contribution in [0.15, 0.2) is 230 Å². The highest BCUT2D eigenvalue weighted by Gasteiger charge is 2.47. The molecule has 9 aromatic carbocycles. The minimum atomic E-state index is -2.90. The molecule has 0 bridgehead atoms. The van der Waals surface area contributed by atoms with Crippen LogP contribution in [0.4, 0.5) is 35.1 Å². The van der Waals surface area contributed by atoms with Crippen LogP contribution in [0.2, 0.25) is 72.5 Å². The summed E-state index contributed by atoms with van der Waals surface area (Å²) in [5, 5.41) is 4.62. The molecule has 0 atom stereocenters. The van der Waals surface area contributed by atoms with Crippen molar-refractivity contribution in [2.24, 2.45) is 5.92 Å². The molecular formula is C99H129Br2F8N2O9PSi4. The first-order valence-corrected chi connectivity index (χ1v) is 57.0. The summed E-state index contributed by atoms with van der Waals surface area (Å²) in [7, 11) is -10.2. The van der Waals surface area contributed by atoms with E-state index in [9.17, 15) is 39.9 Å². The summed E-state index contributed by atoms with van der Waals surface area (Å²) in [6.07, 6.45) is 3.71. The van der Waals surface area contributed by atoms with Crippen molar-refractivity contribution in [1.82, 2.24) is 9.80 Å². The quantitative estimate of drug-likeness (QED) is 0.0175. The Hall–Kier alpha value is -7.11. The van der Waals surface area contributed by atoms with Crippen molar-refractivity contribution in [3.63, 3.8) is 0 Å². The highest BCUT2D eigenvalue weighted by molar-refractivity contribution is 9.08. The lowest BCUT2D eigenvalue weighted by Gasteiger charge is -2.41. The van der Waals surface area contributed by atoms with Gasteiger partial charge in [0.1, 0.15) is 46.2 Å². The summed E-state index contributed by atoms with van der Waals surface area (Å²) in [6, 6.07) is 74.8. The number of nitrogens with zero attached hydrogens (tertiary/aromatic N) is 2. The molecule has 0 radical (unpaired) electrons. The van der Waals surface area contributed by atoms with Crippen LogP contribution in [0.5, 0.6) is 23.0 Å². The predicted molar refractivity (Wildman–Crippen MR) is 505 cm³/mol. The fourth-order valence-electron chi connectivity index (χ4n) is 13.3. The van der Waals surface area contributed by atoms with Gasteiger partial charge in [-0.3, -0.25) is 9.69 Å². The molecule has 2 saturated heterocycles. The van der Waals surface area contributed by atoms with Crippen LogP contribution in [-0.2, 0) is 66.8 Å². The number of halogens is 10. The van der Waals surface area contributed by atoms with E-state index < -0.39 is 67.0 Å². The first-order valence-electron chi connectivity index (χ1n) is 42.2. The lowest BCUT2D eigenvalue weighted by Crippen LogP contribution is -3.00. The van der Waals surface area contributed by atoms with Crippen molar-refractivity contribution in [2.75, 3.05) is 26.2 Å². The molecule has 125 heavy (non-hydrogen) atoms. The van der Waals surface area contributed by atoms with E-state index in [1.54, 1.807) is 42.2 Å². The van der Waals surface area contributed by atoms with Gasteiger partial charge in [0.15, 0.2) is 33.3 Å². The van der Waals surface area contributed by atoms with Crippen LogP contribution in [0.3, 0.4) is 0 Å². The van der Waals surface area contributed by atoms with Gasteiger partial charge >= 0.3 is 26.4 Å². The molecule has 11 nitrogen and oxygen atoms in total. The van der Waals surface area contributed by atoms with Gasteiger partial charge in [-0.25, -0.2) is 0 Å². The first kappa shape index (κ1) is 105. The maximum Gasteiger partial charge on any atom is 0.387 e. The van der Waals surface area contributed by atoms with Crippen molar-refractivity contribution in [3.8, 4) is 23.0 Å². The zero-order valence-corrected chi connectivity index (χ0v) is 84.5. The van der Waals surface area contributed by atoms with Gasteiger partial charge in [0, 0.05) is 60.7 Å². The van der Waals surface area contributed by atoms with Crippen molar-refractivity contribution in [1.29, 1.82) is 0 Å². The summed E-state index contributed by atoms with van der Waals surface area (Å²) in [5.74, 6) is 1.22. The van der Waals surface area contributed by atoms with Crippen LogP contribution in [-0.4, -0.2) is 102 Å². The predicted octanol–water partition coefficient (Wildman–Crippen LogP) is 24.1. The minimum absolute atomic E-state index is 0. The van der Waals surface area contributed by atoms with Crippen LogP contribution in [0.1, 0.15) is 152 Å². The number of amides is 1. The number of alkyl halides is 9. The highest BCUT2D eigenvalue weighted by atomic mass is 79.9. The number of hydrogen-bond acceptors (Lipinski definition) is 10. The number of benzene rings is 9. The highest BCUT2D eigenvalue weighted by Crippen LogP contribution is 2.59. The number of carbonyl (C=O) groups excluding carboxylic acids is 1. The van der Waals surface area contributed by atoms with Crippen LogP contribution < -0.4 is 51.8 Å². The standard InChI is InChI=1S/C33H38F2O2PSi.C31H37F2NO2Si.C20H31F2NO3Si.C15H23BrF2O2Si.BrH/c1-33(2,3)39(4,5)36-24-27-23-26(21-22-31(27)37-32(34)35)25-38(28-15-9-6-10-16-28,29-17-11-7-12-18-29)30-19-13-8-14-20-30;1-31(2,3)37(4,5)35-22-27-19-23(16-17-28(27)36-30(32)33)18-24-20-34(21-24)29(25-12-8-6-9-13-25)26-14-10-7-11-15-26;1-14(24)23-11-16(12-23)9-15-7-8-18(26-19(21)22)17(10-15)13-25-27(5,6)20(2,3)4;1-15(2,3)21(4,5)19-10-12-8-11(9-16)6-7-13(12)20-14(17)18;/h6-23,32H,24-25H2,1-5H3;6-19,29-30H,20-22H2,1-5H3;7-8,10,16,19H,9,11-13H2,1-6H3;6-8,14H,9-10H2,1-5H3;1H/q+1;;;;/p-1.